The highest BCUT2D eigenvalue weighted by molar-refractivity contribution is 5.71. The van der Waals surface area contributed by atoms with Gasteiger partial charge in [-0.05, 0) is 77.0 Å². The predicted octanol–water partition coefficient (Wildman–Crippen LogP) is 19.0. The van der Waals surface area contributed by atoms with E-state index in [1.54, 1.807) is 0 Å². The molecule has 384 valence electrons. The van der Waals surface area contributed by atoms with E-state index < -0.39 is 6.10 Å². The third-order valence-electron chi connectivity index (χ3n) is 12.6. The number of carbonyl (C=O) groups excluding carboxylic acids is 3. The lowest BCUT2D eigenvalue weighted by atomic mass is 10.0. The normalized spacial score (nSPS) is 12.3. The fraction of sp³-hybridized carbons (Fsp3) is 0.817. The molecular weight excluding hydrogens is 817 g/mol. The summed E-state index contributed by atoms with van der Waals surface area (Å²) >= 11 is 0. The van der Waals surface area contributed by atoms with Crippen molar-refractivity contribution in [3.63, 3.8) is 0 Å². The molecule has 0 aromatic carbocycles. The molecule has 0 spiro atoms. The molecule has 0 saturated carbocycles. The molecule has 1 unspecified atom stereocenters. The van der Waals surface area contributed by atoms with E-state index >= 15 is 0 Å². The summed E-state index contributed by atoms with van der Waals surface area (Å²) in [7, 11) is 0. The molecule has 0 aliphatic heterocycles. The van der Waals surface area contributed by atoms with Gasteiger partial charge in [0.05, 0.1) is 0 Å². The molecule has 0 fully saturated rings. The van der Waals surface area contributed by atoms with Gasteiger partial charge in [0.15, 0.2) is 6.10 Å². The highest BCUT2D eigenvalue weighted by Crippen LogP contribution is 2.16. The second kappa shape index (κ2) is 55.0. The quantitative estimate of drug-likeness (QED) is 0.0262. The first-order valence-corrected chi connectivity index (χ1v) is 28.6. The molecule has 0 amide bonds. The van der Waals surface area contributed by atoms with Crippen LogP contribution in [0.15, 0.2) is 48.6 Å². The Morgan fingerprint density at radius 2 is 0.591 bits per heavy atom. The number of unbranched alkanes of at least 4 members (excludes halogenated alkanes) is 33. The van der Waals surface area contributed by atoms with E-state index in [0.717, 1.165) is 77.0 Å². The van der Waals surface area contributed by atoms with Crippen LogP contribution < -0.4 is 0 Å². The number of esters is 3. The fourth-order valence-corrected chi connectivity index (χ4v) is 8.28. The minimum atomic E-state index is -0.788. The molecule has 66 heavy (non-hydrogen) atoms. The number of hydrogen-bond acceptors (Lipinski definition) is 6. The van der Waals surface area contributed by atoms with Crippen molar-refractivity contribution in [1.29, 1.82) is 0 Å². The molecule has 0 aromatic rings. The van der Waals surface area contributed by atoms with Crippen LogP contribution in [-0.2, 0) is 28.6 Å². The van der Waals surface area contributed by atoms with E-state index in [0.29, 0.717) is 19.3 Å². The second-order valence-electron chi connectivity index (χ2n) is 19.2. The number of carbonyl (C=O) groups is 3. The molecule has 0 radical (unpaired) electrons. The monoisotopic (exact) mass is 925 g/mol. The van der Waals surface area contributed by atoms with E-state index in [9.17, 15) is 14.4 Å². The second-order valence-corrected chi connectivity index (χ2v) is 19.2. The van der Waals surface area contributed by atoms with Gasteiger partial charge in [-0.3, -0.25) is 14.4 Å². The van der Waals surface area contributed by atoms with Gasteiger partial charge in [-0.1, -0.05) is 249 Å². The molecule has 0 rings (SSSR count). The minimum absolute atomic E-state index is 0.0840. The molecule has 0 saturated heterocycles. The Balaban J connectivity index is 4.34. The fourth-order valence-electron chi connectivity index (χ4n) is 8.28. The number of rotatable bonds is 52. The maximum atomic E-state index is 12.8. The molecule has 0 heterocycles. The number of allylic oxidation sites excluding steroid dienone is 8. The lowest BCUT2D eigenvalue weighted by Gasteiger charge is -2.18. The third kappa shape index (κ3) is 52.3. The summed E-state index contributed by atoms with van der Waals surface area (Å²) < 4.78 is 16.8. The van der Waals surface area contributed by atoms with Crippen molar-refractivity contribution >= 4 is 17.9 Å². The summed E-state index contributed by atoms with van der Waals surface area (Å²) in [6, 6.07) is 0. The Bertz CT molecular complexity index is 1150. The molecule has 6 nitrogen and oxygen atoms in total. The summed E-state index contributed by atoms with van der Waals surface area (Å²) in [5.74, 6) is -0.916. The smallest absolute Gasteiger partial charge is 0.306 e. The largest absolute Gasteiger partial charge is 0.462 e. The van der Waals surface area contributed by atoms with Crippen LogP contribution in [0.25, 0.3) is 0 Å². The van der Waals surface area contributed by atoms with Crippen molar-refractivity contribution in [1.82, 2.24) is 0 Å². The standard InChI is InChI=1S/C60H108O6/c1-4-7-10-13-16-19-22-25-27-29-30-32-33-35-38-41-44-47-50-53-59(62)65-56-57(55-64-58(61)52-49-46-43-40-37-24-21-18-15-12-9-6-3)66-60(63)54-51-48-45-42-39-36-34-31-28-26-23-20-17-14-11-8-5-2/h9,12,18,21,26,28,37,40,57H,4-8,10-11,13-17,19-20,22-25,27,29-36,38-39,41-56H2,1-3H3/b12-9-,21-18-,28-26-,40-37-. The van der Waals surface area contributed by atoms with E-state index in [1.165, 1.54) is 180 Å². The third-order valence-corrected chi connectivity index (χ3v) is 12.6. The summed E-state index contributed by atoms with van der Waals surface area (Å²) in [5, 5.41) is 0. The zero-order valence-electron chi connectivity index (χ0n) is 44.0. The maximum Gasteiger partial charge on any atom is 0.306 e. The van der Waals surface area contributed by atoms with Gasteiger partial charge in [-0.25, -0.2) is 0 Å². The highest BCUT2D eigenvalue weighted by atomic mass is 16.6. The van der Waals surface area contributed by atoms with Crippen LogP contribution in [0.3, 0.4) is 0 Å². The van der Waals surface area contributed by atoms with E-state index in [4.69, 9.17) is 14.2 Å². The average Bonchev–Trinajstić information content (AvgIpc) is 3.31. The molecule has 0 N–H and O–H groups in total. The van der Waals surface area contributed by atoms with Crippen molar-refractivity contribution in [3.05, 3.63) is 48.6 Å². The zero-order valence-corrected chi connectivity index (χ0v) is 44.0. The molecule has 6 heteroatoms. The highest BCUT2D eigenvalue weighted by Gasteiger charge is 2.19. The number of ether oxygens (including phenoxy) is 3. The lowest BCUT2D eigenvalue weighted by Crippen LogP contribution is -2.30. The van der Waals surface area contributed by atoms with E-state index in [1.807, 2.05) is 0 Å². The van der Waals surface area contributed by atoms with Gasteiger partial charge in [-0.15, -0.1) is 0 Å². The Morgan fingerprint density at radius 1 is 0.318 bits per heavy atom. The molecular formula is C60H108O6. The number of hydrogen-bond donors (Lipinski definition) is 0. The van der Waals surface area contributed by atoms with Gasteiger partial charge in [-0.2, -0.15) is 0 Å². The van der Waals surface area contributed by atoms with Crippen LogP contribution in [0.1, 0.15) is 297 Å². The Morgan fingerprint density at radius 3 is 0.970 bits per heavy atom. The first kappa shape index (κ1) is 63.4. The molecule has 0 aliphatic rings. The molecule has 1 atom stereocenters. The maximum absolute atomic E-state index is 12.8. The molecule has 0 aliphatic carbocycles. The Hall–Kier alpha value is -2.63. The van der Waals surface area contributed by atoms with Crippen molar-refractivity contribution in [3.8, 4) is 0 Å². The predicted molar refractivity (Wildman–Crippen MR) is 284 cm³/mol. The van der Waals surface area contributed by atoms with Gasteiger partial charge in [0.25, 0.3) is 0 Å². The van der Waals surface area contributed by atoms with Crippen molar-refractivity contribution < 1.29 is 28.6 Å². The zero-order chi connectivity index (χ0) is 47.9. The van der Waals surface area contributed by atoms with Gasteiger partial charge in [0.1, 0.15) is 13.2 Å². The van der Waals surface area contributed by atoms with E-state index in [2.05, 4.69) is 69.4 Å². The van der Waals surface area contributed by atoms with Crippen LogP contribution in [0.5, 0.6) is 0 Å². The van der Waals surface area contributed by atoms with Crippen molar-refractivity contribution in [2.45, 2.75) is 303 Å². The van der Waals surface area contributed by atoms with Gasteiger partial charge >= 0.3 is 17.9 Å². The van der Waals surface area contributed by atoms with Gasteiger partial charge < -0.3 is 14.2 Å². The lowest BCUT2D eigenvalue weighted by molar-refractivity contribution is -0.167. The van der Waals surface area contributed by atoms with Crippen molar-refractivity contribution in [2.75, 3.05) is 13.2 Å². The minimum Gasteiger partial charge on any atom is -0.462 e. The first-order chi connectivity index (χ1) is 32.5. The van der Waals surface area contributed by atoms with Crippen LogP contribution in [0.4, 0.5) is 0 Å². The Labute approximate surface area is 409 Å². The summed E-state index contributed by atoms with van der Waals surface area (Å²) in [6.45, 7) is 6.52. The Kier molecular flexibility index (Phi) is 52.8. The SMILES string of the molecule is CC/C=C\C/C=C\C/C=C\CCCCC(=O)OCC(COC(=O)CCCCCCCCCCCCCCCCCCCCC)OC(=O)CCCCCCCCC/C=C\CCCCCCCC. The molecule has 0 aromatic heterocycles. The van der Waals surface area contributed by atoms with Crippen LogP contribution >= 0.6 is 0 Å². The summed E-state index contributed by atoms with van der Waals surface area (Å²) in [6.07, 6.45) is 66.8. The summed E-state index contributed by atoms with van der Waals surface area (Å²) in [5.41, 5.74) is 0. The van der Waals surface area contributed by atoms with Crippen LogP contribution in [-0.4, -0.2) is 37.2 Å². The van der Waals surface area contributed by atoms with Crippen LogP contribution in [0.2, 0.25) is 0 Å². The average molecular weight is 926 g/mol. The van der Waals surface area contributed by atoms with Crippen molar-refractivity contribution in [2.24, 2.45) is 0 Å². The summed E-state index contributed by atoms with van der Waals surface area (Å²) in [4.78, 5) is 38.1. The van der Waals surface area contributed by atoms with Crippen LogP contribution in [0, 0.1) is 0 Å². The topological polar surface area (TPSA) is 78.9 Å². The van der Waals surface area contributed by atoms with E-state index in [-0.39, 0.29) is 31.1 Å². The van der Waals surface area contributed by atoms with Gasteiger partial charge in [0.2, 0.25) is 0 Å². The first-order valence-electron chi connectivity index (χ1n) is 28.6. The van der Waals surface area contributed by atoms with Gasteiger partial charge in [0, 0.05) is 19.3 Å². The molecule has 0 bridgehead atoms.